The largest absolute Gasteiger partial charge is 0.453 e. The second kappa shape index (κ2) is 4.04. The summed E-state index contributed by atoms with van der Waals surface area (Å²) in [5, 5.41) is 2.41. The van der Waals surface area contributed by atoms with Gasteiger partial charge in [-0.05, 0) is 0 Å². The molecule has 0 aliphatic carbocycles. The number of alkyl halides is 3. The van der Waals surface area contributed by atoms with E-state index in [4.69, 9.17) is 0 Å². The quantitative estimate of drug-likeness (QED) is 0.728. The zero-order chi connectivity index (χ0) is 10.8. The highest BCUT2D eigenvalue weighted by Gasteiger charge is 2.37. The highest BCUT2D eigenvalue weighted by atomic mass is 19.4. The van der Waals surface area contributed by atoms with E-state index >= 15 is 0 Å². The Balaban J connectivity index is 2.15. The van der Waals surface area contributed by atoms with Crippen molar-refractivity contribution in [2.45, 2.75) is 12.2 Å². The first kappa shape index (κ1) is 11.1. The van der Waals surface area contributed by atoms with E-state index in [2.05, 4.69) is 10.1 Å². The smallest absolute Gasteiger partial charge is 0.407 e. The summed E-state index contributed by atoms with van der Waals surface area (Å²) < 4.78 is 39.8. The lowest BCUT2D eigenvalue weighted by Crippen LogP contribution is -2.60. The summed E-state index contributed by atoms with van der Waals surface area (Å²) in [5.74, 6) is 0. The molecule has 0 saturated carbocycles. The molecule has 14 heavy (non-hydrogen) atoms. The van der Waals surface area contributed by atoms with Crippen LogP contribution in [0, 0.1) is 0 Å². The fourth-order valence-corrected chi connectivity index (χ4v) is 1.27. The van der Waals surface area contributed by atoms with Gasteiger partial charge in [-0.25, -0.2) is 4.79 Å². The number of hydrogen-bond acceptors (Lipinski definition) is 3. The molecule has 1 fully saturated rings. The van der Waals surface area contributed by atoms with Crippen molar-refractivity contribution in [3.05, 3.63) is 0 Å². The van der Waals surface area contributed by atoms with E-state index in [1.807, 2.05) is 0 Å². The third kappa shape index (κ3) is 3.41. The van der Waals surface area contributed by atoms with Crippen molar-refractivity contribution >= 4 is 6.09 Å². The van der Waals surface area contributed by atoms with Crippen molar-refractivity contribution in [3.63, 3.8) is 0 Å². The molecule has 0 unspecified atom stereocenters. The Morgan fingerprint density at radius 3 is 2.57 bits per heavy atom. The van der Waals surface area contributed by atoms with Gasteiger partial charge < -0.3 is 10.1 Å². The summed E-state index contributed by atoms with van der Waals surface area (Å²) in [5.41, 5.74) is 0. The van der Waals surface area contributed by atoms with Gasteiger partial charge in [0.2, 0.25) is 0 Å². The summed E-state index contributed by atoms with van der Waals surface area (Å²) >= 11 is 0. The van der Waals surface area contributed by atoms with Crippen molar-refractivity contribution in [1.29, 1.82) is 0 Å². The van der Waals surface area contributed by atoms with Crippen LogP contribution in [-0.2, 0) is 4.74 Å². The van der Waals surface area contributed by atoms with Crippen molar-refractivity contribution in [1.82, 2.24) is 10.2 Å². The Kier molecular flexibility index (Phi) is 3.20. The van der Waals surface area contributed by atoms with Crippen LogP contribution in [0.5, 0.6) is 0 Å². The fraction of sp³-hybridized carbons (Fsp3) is 0.857. The molecule has 0 bridgehead atoms. The SMILES string of the molecule is COC(=O)NC1CN(CC(F)(F)F)C1. The lowest BCUT2D eigenvalue weighted by atomic mass is 10.1. The maximum atomic E-state index is 11.8. The number of nitrogens with zero attached hydrogens (tertiary/aromatic N) is 1. The molecular weight excluding hydrogens is 201 g/mol. The maximum Gasteiger partial charge on any atom is 0.407 e. The normalized spacial score (nSPS) is 18.9. The van der Waals surface area contributed by atoms with Gasteiger partial charge in [0.1, 0.15) is 0 Å². The van der Waals surface area contributed by atoms with Crippen LogP contribution in [0.25, 0.3) is 0 Å². The van der Waals surface area contributed by atoms with Crippen LogP contribution in [0.3, 0.4) is 0 Å². The van der Waals surface area contributed by atoms with Gasteiger partial charge in [-0.15, -0.1) is 0 Å². The molecule has 0 radical (unpaired) electrons. The van der Waals surface area contributed by atoms with E-state index in [1.165, 1.54) is 12.0 Å². The van der Waals surface area contributed by atoms with Gasteiger partial charge in [0.25, 0.3) is 0 Å². The molecule has 0 aromatic rings. The van der Waals surface area contributed by atoms with Gasteiger partial charge in [-0.3, -0.25) is 4.90 Å². The fourth-order valence-electron chi connectivity index (χ4n) is 1.27. The molecule has 82 valence electrons. The molecule has 1 rings (SSSR count). The van der Waals surface area contributed by atoms with Gasteiger partial charge in [0.15, 0.2) is 0 Å². The van der Waals surface area contributed by atoms with Crippen LogP contribution in [0.4, 0.5) is 18.0 Å². The number of halogens is 3. The molecule has 7 heteroatoms. The summed E-state index contributed by atoms with van der Waals surface area (Å²) in [7, 11) is 1.21. The lowest BCUT2D eigenvalue weighted by molar-refractivity contribution is -0.155. The van der Waals surface area contributed by atoms with E-state index < -0.39 is 18.8 Å². The van der Waals surface area contributed by atoms with E-state index in [0.717, 1.165) is 0 Å². The first-order chi connectivity index (χ1) is 6.40. The zero-order valence-corrected chi connectivity index (χ0v) is 7.60. The van der Waals surface area contributed by atoms with Crippen LogP contribution in [0.1, 0.15) is 0 Å². The van der Waals surface area contributed by atoms with Crippen LogP contribution >= 0.6 is 0 Å². The Morgan fingerprint density at radius 2 is 2.14 bits per heavy atom. The number of amides is 1. The zero-order valence-electron chi connectivity index (χ0n) is 7.60. The van der Waals surface area contributed by atoms with Gasteiger partial charge in [0, 0.05) is 13.1 Å². The standard InChI is InChI=1S/C7H11F3N2O2/c1-14-6(13)11-5-2-12(3-5)4-7(8,9)10/h5H,2-4H2,1H3,(H,11,13). The first-order valence-corrected chi connectivity index (χ1v) is 4.04. The minimum absolute atomic E-state index is 0.217. The number of carbonyl (C=O) groups excluding carboxylic acids is 1. The maximum absolute atomic E-state index is 11.8. The number of methoxy groups -OCH3 is 1. The topological polar surface area (TPSA) is 41.6 Å². The molecule has 1 amide bonds. The van der Waals surface area contributed by atoms with Crippen LogP contribution in [0.15, 0.2) is 0 Å². The van der Waals surface area contributed by atoms with Crippen molar-refractivity contribution in [3.8, 4) is 0 Å². The first-order valence-electron chi connectivity index (χ1n) is 4.04. The molecule has 0 aromatic heterocycles. The number of alkyl carbamates (subject to hydrolysis) is 1. The predicted molar refractivity (Wildman–Crippen MR) is 41.8 cm³/mol. The number of nitrogens with one attached hydrogen (secondary N) is 1. The number of hydrogen-bond donors (Lipinski definition) is 1. The van der Waals surface area contributed by atoms with Gasteiger partial charge in [-0.1, -0.05) is 0 Å². The Hall–Kier alpha value is -0.980. The van der Waals surface area contributed by atoms with Crippen LogP contribution in [0.2, 0.25) is 0 Å². The summed E-state index contributed by atoms with van der Waals surface area (Å²) in [6.07, 6.45) is -4.78. The molecule has 1 aliphatic heterocycles. The Morgan fingerprint density at radius 1 is 1.57 bits per heavy atom. The second-order valence-corrected chi connectivity index (χ2v) is 3.14. The highest BCUT2D eigenvalue weighted by Crippen LogP contribution is 2.19. The predicted octanol–water partition coefficient (Wildman–Crippen LogP) is 0.589. The number of likely N-dealkylation sites (tertiary alicyclic amines) is 1. The molecule has 0 atom stereocenters. The number of rotatable bonds is 2. The second-order valence-electron chi connectivity index (χ2n) is 3.14. The minimum Gasteiger partial charge on any atom is -0.453 e. The van der Waals surface area contributed by atoms with E-state index in [9.17, 15) is 18.0 Å². The summed E-state index contributed by atoms with van der Waals surface area (Å²) in [6.45, 7) is -0.491. The molecule has 0 spiro atoms. The molecule has 4 nitrogen and oxygen atoms in total. The van der Waals surface area contributed by atoms with Crippen molar-refractivity contribution in [2.75, 3.05) is 26.7 Å². The average Bonchev–Trinajstić information content (AvgIpc) is 1.97. The third-order valence-corrected chi connectivity index (χ3v) is 1.87. The van der Waals surface area contributed by atoms with Crippen molar-refractivity contribution < 1.29 is 22.7 Å². The third-order valence-electron chi connectivity index (χ3n) is 1.87. The highest BCUT2D eigenvalue weighted by molar-refractivity contribution is 5.67. The Labute approximate surface area is 79.0 Å². The molecule has 1 saturated heterocycles. The molecule has 1 aliphatic rings. The van der Waals surface area contributed by atoms with Gasteiger partial charge in [0.05, 0.1) is 19.7 Å². The van der Waals surface area contributed by atoms with E-state index in [0.29, 0.717) is 0 Å². The monoisotopic (exact) mass is 212 g/mol. The number of ether oxygens (including phenoxy) is 1. The molecule has 1 heterocycles. The Bertz CT molecular complexity index is 213. The minimum atomic E-state index is -4.17. The average molecular weight is 212 g/mol. The lowest BCUT2D eigenvalue weighted by Gasteiger charge is -2.39. The molecular formula is C7H11F3N2O2. The molecule has 1 N–H and O–H groups in total. The summed E-state index contributed by atoms with van der Waals surface area (Å²) in [4.78, 5) is 11.8. The summed E-state index contributed by atoms with van der Waals surface area (Å²) in [6, 6.07) is -0.232. The van der Waals surface area contributed by atoms with E-state index in [-0.39, 0.29) is 19.1 Å². The van der Waals surface area contributed by atoms with Crippen LogP contribution < -0.4 is 5.32 Å². The van der Waals surface area contributed by atoms with E-state index in [1.54, 1.807) is 0 Å². The number of carbonyl (C=O) groups is 1. The van der Waals surface area contributed by atoms with Crippen LogP contribution in [-0.4, -0.2) is 50.0 Å². The molecule has 0 aromatic carbocycles. The van der Waals surface area contributed by atoms with Crippen molar-refractivity contribution in [2.24, 2.45) is 0 Å². The van der Waals surface area contributed by atoms with Gasteiger partial charge in [-0.2, -0.15) is 13.2 Å². The van der Waals surface area contributed by atoms with Gasteiger partial charge >= 0.3 is 12.3 Å².